The fourth-order valence-corrected chi connectivity index (χ4v) is 3.19. The molecule has 0 N–H and O–H groups in total. The number of rotatable bonds is 5. The first kappa shape index (κ1) is 16.4. The molecular formula is C17H23N3O4. The van der Waals surface area contributed by atoms with Crippen molar-refractivity contribution in [3.05, 3.63) is 18.2 Å². The molecule has 1 aromatic rings. The number of carbonyl (C=O) groups is 2. The lowest BCUT2D eigenvalue weighted by Crippen LogP contribution is -2.41. The Kier molecular flexibility index (Phi) is 4.78. The Labute approximate surface area is 141 Å². The smallest absolute Gasteiger partial charge is 0.325 e. The monoisotopic (exact) mass is 333 g/mol. The minimum atomic E-state index is -0.144. The summed E-state index contributed by atoms with van der Waals surface area (Å²) in [6, 6.07) is 5.24. The van der Waals surface area contributed by atoms with Crippen molar-refractivity contribution in [1.29, 1.82) is 0 Å². The average Bonchev–Trinajstić information content (AvgIpc) is 3.25. The van der Waals surface area contributed by atoms with Gasteiger partial charge in [-0.3, -0.25) is 9.69 Å². The second kappa shape index (κ2) is 6.98. The molecule has 0 unspecified atom stereocenters. The number of likely N-dealkylation sites (tertiary alicyclic amines) is 1. The summed E-state index contributed by atoms with van der Waals surface area (Å²) in [6.07, 6.45) is 2.11. The molecule has 7 heteroatoms. The molecule has 0 atom stereocenters. The highest BCUT2D eigenvalue weighted by Crippen LogP contribution is 2.32. The normalized spacial score (nSPS) is 17.6. The third-order valence-corrected chi connectivity index (χ3v) is 4.56. The van der Waals surface area contributed by atoms with Gasteiger partial charge in [0.2, 0.25) is 5.91 Å². The van der Waals surface area contributed by atoms with Gasteiger partial charge in [0, 0.05) is 37.9 Å². The van der Waals surface area contributed by atoms with Gasteiger partial charge >= 0.3 is 6.03 Å². The van der Waals surface area contributed by atoms with Crippen LogP contribution in [0.5, 0.6) is 11.5 Å². The van der Waals surface area contributed by atoms with Gasteiger partial charge in [-0.05, 0) is 25.0 Å². The first-order valence-corrected chi connectivity index (χ1v) is 8.20. The number of hydrogen-bond donors (Lipinski definition) is 0. The van der Waals surface area contributed by atoms with Gasteiger partial charge in [0.25, 0.3) is 0 Å². The number of benzene rings is 1. The van der Waals surface area contributed by atoms with Gasteiger partial charge in [-0.2, -0.15) is 0 Å². The predicted octanol–water partition coefficient (Wildman–Crippen LogP) is 1.57. The first-order valence-electron chi connectivity index (χ1n) is 8.20. The van der Waals surface area contributed by atoms with Crippen LogP contribution in [-0.2, 0) is 4.79 Å². The molecule has 0 aliphatic carbocycles. The maximum absolute atomic E-state index is 12.6. The largest absolute Gasteiger partial charge is 0.493 e. The van der Waals surface area contributed by atoms with E-state index in [4.69, 9.17) is 9.47 Å². The number of carbonyl (C=O) groups excluding carboxylic acids is 2. The molecule has 1 aromatic carbocycles. The van der Waals surface area contributed by atoms with Crippen LogP contribution < -0.4 is 14.4 Å². The molecule has 3 amide bonds. The molecular weight excluding hydrogens is 310 g/mol. The van der Waals surface area contributed by atoms with E-state index in [2.05, 4.69) is 0 Å². The fourth-order valence-electron chi connectivity index (χ4n) is 3.19. The molecule has 0 bridgehead atoms. The van der Waals surface area contributed by atoms with Crippen LogP contribution in [0.1, 0.15) is 12.8 Å². The van der Waals surface area contributed by atoms with E-state index in [1.54, 1.807) is 36.2 Å². The van der Waals surface area contributed by atoms with Crippen molar-refractivity contribution >= 4 is 17.6 Å². The summed E-state index contributed by atoms with van der Waals surface area (Å²) in [5.74, 6) is 1.23. The van der Waals surface area contributed by atoms with Crippen molar-refractivity contribution in [1.82, 2.24) is 9.80 Å². The summed E-state index contributed by atoms with van der Waals surface area (Å²) in [5, 5.41) is 0. The van der Waals surface area contributed by atoms with Gasteiger partial charge in [-0.25, -0.2) is 4.79 Å². The van der Waals surface area contributed by atoms with Crippen LogP contribution in [0.4, 0.5) is 10.5 Å². The van der Waals surface area contributed by atoms with E-state index in [1.165, 1.54) is 0 Å². The Hall–Kier alpha value is -2.44. The number of hydrogen-bond acceptors (Lipinski definition) is 4. The van der Waals surface area contributed by atoms with Crippen LogP contribution in [0.25, 0.3) is 0 Å². The Morgan fingerprint density at radius 3 is 2.42 bits per heavy atom. The van der Waals surface area contributed by atoms with E-state index in [0.29, 0.717) is 24.6 Å². The second-order valence-electron chi connectivity index (χ2n) is 5.98. The summed E-state index contributed by atoms with van der Waals surface area (Å²) in [5.41, 5.74) is 0.744. The molecule has 2 fully saturated rings. The second-order valence-corrected chi connectivity index (χ2v) is 5.98. The molecule has 2 heterocycles. The van der Waals surface area contributed by atoms with Crippen LogP contribution in [0.3, 0.4) is 0 Å². The molecule has 3 rings (SSSR count). The molecule has 0 spiro atoms. The molecule has 0 saturated carbocycles. The molecule has 0 radical (unpaired) electrons. The van der Waals surface area contributed by atoms with Gasteiger partial charge in [-0.15, -0.1) is 0 Å². The van der Waals surface area contributed by atoms with Crippen molar-refractivity contribution in [3.8, 4) is 11.5 Å². The van der Waals surface area contributed by atoms with Crippen molar-refractivity contribution < 1.29 is 19.1 Å². The zero-order valence-corrected chi connectivity index (χ0v) is 14.2. The van der Waals surface area contributed by atoms with E-state index in [0.717, 1.165) is 31.6 Å². The summed E-state index contributed by atoms with van der Waals surface area (Å²) >= 11 is 0. The molecule has 2 aliphatic rings. The van der Waals surface area contributed by atoms with Gasteiger partial charge in [0.1, 0.15) is 6.54 Å². The molecule has 130 valence electrons. The lowest BCUT2D eigenvalue weighted by atomic mass is 10.2. The summed E-state index contributed by atoms with van der Waals surface area (Å²) < 4.78 is 10.5. The third-order valence-electron chi connectivity index (χ3n) is 4.56. The van der Waals surface area contributed by atoms with E-state index < -0.39 is 0 Å². The van der Waals surface area contributed by atoms with Gasteiger partial charge in [0.15, 0.2) is 11.5 Å². The maximum atomic E-state index is 12.6. The van der Waals surface area contributed by atoms with Gasteiger partial charge in [0.05, 0.1) is 14.2 Å². The van der Waals surface area contributed by atoms with E-state index in [-0.39, 0.29) is 18.5 Å². The Morgan fingerprint density at radius 2 is 1.75 bits per heavy atom. The number of urea groups is 1. The van der Waals surface area contributed by atoms with Gasteiger partial charge in [-0.1, -0.05) is 0 Å². The van der Waals surface area contributed by atoms with Crippen molar-refractivity contribution in [3.63, 3.8) is 0 Å². The molecule has 24 heavy (non-hydrogen) atoms. The SMILES string of the molecule is COc1ccc(N2CCN(CC(=O)N3CCCC3)C2=O)cc1OC. The Balaban J connectivity index is 1.68. The highest BCUT2D eigenvalue weighted by molar-refractivity contribution is 5.96. The Bertz CT molecular complexity index is 628. The highest BCUT2D eigenvalue weighted by atomic mass is 16.5. The van der Waals surface area contributed by atoms with Crippen LogP contribution in [0.15, 0.2) is 18.2 Å². The van der Waals surface area contributed by atoms with E-state index >= 15 is 0 Å². The number of methoxy groups -OCH3 is 2. The predicted molar refractivity (Wildman–Crippen MR) is 89.7 cm³/mol. The zero-order chi connectivity index (χ0) is 17.1. The van der Waals surface area contributed by atoms with Crippen LogP contribution in [0, 0.1) is 0 Å². The number of anilines is 1. The van der Waals surface area contributed by atoms with E-state index in [1.807, 2.05) is 11.0 Å². The van der Waals surface area contributed by atoms with Crippen LogP contribution in [-0.4, -0.2) is 68.7 Å². The molecule has 0 aromatic heterocycles. The number of nitrogens with zero attached hydrogens (tertiary/aromatic N) is 3. The third kappa shape index (κ3) is 3.11. The average molecular weight is 333 g/mol. The number of amides is 3. The molecule has 2 aliphatic heterocycles. The van der Waals surface area contributed by atoms with E-state index in [9.17, 15) is 9.59 Å². The van der Waals surface area contributed by atoms with Gasteiger partial charge < -0.3 is 19.3 Å². The topological polar surface area (TPSA) is 62.3 Å². The minimum absolute atomic E-state index is 0.0370. The van der Waals surface area contributed by atoms with Crippen molar-refractivity contribution in [2.45, 2.75) is 12.8 Å². The Morgan fingerprint density at radius 1 is 1.04 bits per heavy atom. The summed E-state index contributed by atoms with van der Waals surface area (Å²) in [6.45, 7) is 2.87. The quantitative estimate of drug-likeness (QED) is 0.820. The van der Waals surface area contributed by atoms with Crippen molar-refractivity contribution in [2.75, 3.05) is 51.8 Å². The minimum Gasteiger partial charge on any atom is -0.493 e. The summed E-state index contributed by atoms with van der Waals surface area (Å²) in [4.78, 5) is 30.0. The molecule has 2 saturated heterocycles. The highest BCUT2D eigenvalue weighted by Gasteiger charge is 2.32. The summed E-state index contributed by atoms with van der Waals surface area (Å²) in [7, 11) is 3.14. The van der Waals surface area contributed by atoms with Crippen LogP contribution >= 0.6 is 0 Å². The lowest BCUT2D eigenvalue weighted by molar-refractivity contribution is -0.130. The maximum Gasteiger partial charge on any atom is 0.325 e. The zero-order valence-electron chi connectivity index (χ0n) is 14.2. The standard InChI is InChI=1S/C17H23N3O4/c1-23-14-6-5-13(11-15(14)24-2)20-10-9-19(17(20)22)12-16(21)18-7-3-4-8-18/h5-6,11H,3-4,7-10,12H2,1-2H3. The number of ether oxygens (including phenoxy) is 2. The first-order chi connectivity index (χ1) is 11.6. The molecule has 7 nitrogen and oxygen atoms in total. The van der Waals surface area contributed by atoms with Crippen molar-refractivity contribution in [2.24, 2.45) is 0 Å². The fraction of sp³-hybridized carbons (Fsp3) is 0.529. The lowest BCUT2D eigenvalue weighted by Gasteiger charge is -2.22. The van der Waals surface area contributed by atoms with Crippen LogP contribution in [0.2, 0.25) is 0 Å².